The molecular weight excluding hydrogens is 106 g/mol. The highest BCUT2D eigenvalue weighted by molar-refractivity contribution is 7.73. The normalized spacial score (nSPS) is 11.3. The SMILES string of the molecule is C[NH3+].O=S([O-])O. The van der Waals surface area contributed by atoms with Gasteiger partial charge >= 0.3 is 0 Å². The van der Waals surface area contributed by atoms with Crippen molar-refractivity contribution in [2.45, 2.75) is 0 Å². The van der Waals surface area contributed by atoms with Crippen molar-refractivity contribution in [2.24, 2.45) is 0 Å². The first-order valence-corrected chi connectivity index (χ1v) is 2.25. The van der Waals surface area contributed by atoms with Crippen molar-refractivity contribution in [1.29, 1.82) is 0 Å². The number of hydrogen-bond acceptors (Lipinski definition) is 2. The quantitative estimate of drug-likeness (QED) is 0.363. The molecule has 0 aromatic heterocycles. The van der Waals surface area contributed by atoms with E-state index < -0.39 is 11.4 Å². The van der Waals surface area contributed by atoms with Crippen LogP contribution in [0.15, 0.2) is 0 Å². The van der Waals surface area contributed by atoms with Gasteiger partial charge in [0.1, 0.15) is 0 Å². The van der Waals surface area contributed by atoms with Crippen LogP contribution < -0.4 is 5.73 Å². The molecule has 0 aromatic carbocycles. The fourth-order valence-electron chi connectivity index (χ4n) is 0. The molecule has 6 heavy (non-hydrogen) atoms. The average molecular weight is 113 g/mol. The second-order valence-corrected chi connectivity index (χ2v) is 0.651. The lowest BCUT2D eigenvalue weighted by Crippen LogP contribution is -2.40. The molecule has 0 saturated heterocycles. The molecule has 1 unspecified atom stereocenters. The monoisotopic (exact) mass is 113 g/mol. The Bertz CT molecular complexity index is 33.8. The predicted octanol–water partition coefficient (Wildman–Crippen LogP) is -1.80. The lowest BCUT2D eigenvalue weighted by atomic mass is 11.6. The molecule has 0 radical (unpaired) electrons. The minimum atomic E-state index is -2.86. The van der Waals surface area contributed by atoms with Crippen molar-refractivity contribution < 1.29 is 19.0 Å². The average Bonchev–Trinajstić information content (AvgIpc) is 1.41. The minimum Gasteiger partial charge on any atom is -0.750 e. The van der Waals surface area contributed by atoms with Gasteiger partial charge in [-0.3, -0.25) is 0 Å². The first kappa shape index (κ1) is 9.39. The standard InChI is InChI=1S/CH5N.H2O3S/c1-2;1-4(2)3/h2H2,1H3;(H2,1,2,3). The lowest BCUT2D eigenvalue weighted by Gasteiger charge is -1.83. The fourth-order valence-corrected chi connectivity index (χ4v) is 0. The van der Waals surface area contributed by atoms with Gasteiger partial charge in [-0.1, -0.05) is 0 Å². The van der Waals surface area contributed by atoms with Gasteiger partial charge in [0, 0.05) is 0 Å². The zero-order valence-corrected chi connectivity index (χ0v) is 4.20. The van der Waals surface area contributed by atoms with Crippen LogP contribution in [0, 0.1) is 0 Å². The molecule has 5 heteroatoms. The van der Waals surface area contributed by atoms with E-state index in [1.807, 2.05) is 0 Å². The molecule has 40 valence electrons. The molecule has 0 aliphatic heterocycles. The van der Waals surface area contributed by atoms with Gasteiger partial charge in [-0.15, -0.1) is 0 Å². The third kappa shape index (κ3) is 41100. The molecule has 0 rings (SSSR count). The first-order valence-electron chi connectivity index (χ1n) is 1.22. The van der Waals surface area contributed by atoms with Gasteiger partial charge in [-0.05, 0) is 0 Å². The highest BCUT2D eigenvalue weighted by atomic mass is 32.2. The summed E-state index contributed by atoms with van der Waals surface area (Å²) in [5.41, 5.74) is 3.25. The first-order chi connectivity index (χ1) is 2.73. The maximum absolute atomic E-state index is 8.56. The second-order valence-electron chi connectivity index (χ2n) is 0.217. The molecule has 0 aliphatic carbocycles. The zero-order valence-electron chi connectivity index (χ0n) is 3.38. The summed E-state index contributed by atoms with van der Waals surface area (Å²) in [6.45, 7) is 0. The molecule has 0 fully saturated rings. The Kier molecular flexibility index (Phi) is 13.9. The van der Waals surface area contributed by atoms with Crippen LogP contribution in [0.5, 0.6) is 0 Å². The van der Waals surface area contributed by atoms with Crippen molar-refractivity contribution in [1.82, 2.24) is 0 Å². The van der Waals surface area contributed by atoms with Gasteiger partial charge in [0.15, 0.2) is 0 Å². The Labute approximate surface area is 38.5 Å². The molecular formula is CH7NO3S. The fraction of sp³-hybridized carbons (Fsp3) is 1.00. The van der Waals surface area contributed by atoms with E-state index >= 15 is 0 Å². The largest absolute Gasteiger partial charge is 0.750 e. The smallest absolute Gasteiger partial charge is 0.0814 e. The Morgan fingerprint density at radius 2 is 1.83 bits per heavy atom. The molecule has 1 atom stereocenters. The summed E-state index contributed by atoms with van der Waals surface area (Å²) in [7, 11) is 1.75. The molecule has 0 amide bonds. The van der Waals surface area contributed by atoms with Gasteiger partial charge in [0.2, 0.25) is 0 Å². The highest BCUT2D eigenvalue weighted by Crippen LogP contribution is 1.43. The summed E-state index contributed by atoms with van der Waals surface area (Å²) in [5, 5.41) is 0. The van der Waals surface area contributed by atoms with Crippen LogP contribution in [0.3, 0.4) is 0 Å². The Balaban J connectivity index is 0. The van der Waals surface area contributed by atoms with Crippen LogP contribution in [0.25, 0.3) is 0 Å². The van der Waals surface area contributed by atoms with Gasteiger partial charge in [0.05, 0.1) is 18.4 Å². The summed E-state index contributed by atoms with van der Waals surface area (Å²) in [6, 6.07) is 0. The van der Waals surface area contributed by atoms with E-state index in [0.29, 0.717) is 0 Å². The summed E-state index contributed by atoms with van der Waals surface area (Å²) in [4.78, 5) is 0. The number of quaternary nitrogens is 1. The van der Waals surface area contributed by atoms with Gasteiger partial charge < -0.3 is 14.8 Å². The summed E-state index contributed by atoms with van der Waals surface area (Å²) >= 11 is -2.86. The molecule has 0 spiro atoms. The second kappa shape index (κ2) is 8.90. The molecule has 0 bridgehead atoms. The summed E-state index contributed by atoms with van der Waals surface area (Å²) in [5.74, 6) is 0. The van der Waals surface area contributed by atoms with E-state index in [4.69, 9.17) is 13.3 Å². The van der Waals surface area contributed by atoms with Crippen molar-refractivity contribution in [2.75, 3.05) is 7.05 Å². The van der Waals surface area contributed by atoms with Crippen LogP contribution in [-0.4, -0.2) is 20.4 Å². The lowest BCUT2D eigenvalue weighted by molar-refractivity contribution is -0.325. The van der Waals surface area contributed by atoms with Gasteiger partial charge in [-0.25, -0.2) is 4.21 Å². The molecule has 0 aliphatic rings. The number of rotatable bonds is 0. The molecule has 4 nitrogen and oxygen atoms in total. The van der Waals surface area contributed by atoms with Crippen molar-refractivity contribution in [3.63, 3.8) is 0 Å². The molecule has 0 heterocycles. The van der Waals surface area contributed by atoms with E-state index in [-0.39, 0.29) is 0 Å². The van der Waals surface area contributed by atoms with E-state index in [1.54, 1.807) is 7.05 Å². The van der Waals surface area contributed by atoms with Gasteiger partial charge in [0.25, 0.3) is 0 Å². The van der Waals surface area contributed by atoms with Crippen molar-refractivity contribution >= 4 is 11.4 Å². The van der Waals surface area contributed by atoms with E-state index in [2.05, 4.69) is 5.73 Å². The van der Waals surface area contributed by atoms with Crippen LogP contribution >= 0.6 is 0 Å². The van der Waals surface area contributed by atoms with Crippen molar-refractivity contribution in [3.05, 3.63) is 0 Å². The number of hydrogen-bond donors (Lipinski definition) is 2. The summed E-state index contributed by atoms with van der Waals surface area (Å²) in [6.07, 6.45) is 0. The molecule has 4 N–H and O–H groups in total. The Hall–Kier alpha value is 0.0300. The third-order valence-corrected chi connectivity index (χ3v) is 0. The maximum atomic E-state index is 8.56. The predicted molar refractivity (Wildman–Crippen MR) is 20.4 cm³/mol. The van der Waals surface area contributed by atoms with Crippen LogP contribution in [-0.2, 0) is 11.4 Å². The van der Waals surface area contributed by atoms with Gasteiger partial charge in [-0.2, -0.15) is 0 Å². The van der Waals surface area contributed by atoms with Crippen LogP contribution in [0.1, 0.15) is 0 Å². The Morgan fingerprint density at radius 1 is 1.83 bits per heavy atom. The van der Waals surface area contributed by atoms with Crippen LogP contribution in [0.2, 0.25) is 0 Å². The topological polar surface area (TPSA) is 88.0 Å². The summed E-state index contributed by atoms with van der Waals surface area (Å²) < 4.78 is 24.1. The molecule has 0 aromatic rings. The van der Waals surface area contributed by atoms with Crippen LogP contribution in [0.4, 0.5) is 0 Å². The zero-order chi connectivity index (χ0) is 5.58. The third-order valence-electron chi connectivity index (χ3n) is 0. The Morgan fingerprint density at radius 3 is 1.83 bits per heavy atom. The van der Waals surface area contributed by atoms with Crippen molar-refractivity contribution in [3.8, 4) is 0 Å². The maximum Gasteiger partial charge on any atom is 0.0814 e. The molecule has 0 saturated carbocycles. The van der Waals surface area contributed by atoms with E-state index in [9.17, 15) is 0 Å². The van der Waals surface area contributed by atoms with E-state index in [1.165, 1.54) is 0 Å². The van der Waals surface area contributed by atoms with E-state index in [0.717, 1.165) is 0 Å². The minimum absolute atomic E-state index is 1.75. The highest BCUT2D eigenvalue weighted by Gasteiger charge is 1.42.